The van der Waals surface area contributed by atoms with Crippen LogP contribution in [-0.2, 0) is 10.5 Å². The highest BCUT2D eigenvalue weighted by molar-refractivity contribution is 5.89. The number of rotatable bonds is 5. The predicted octanol–water partition coefficient (Wildman–Crippen LogP) is 5.80. The molecule has 0 saturated carbocycles. The Morgan fingerprint density at radius 2 is 1.62 bits per heavy atom. The van der Waals surface area contributed by atoms with Crippen molar-refractivity contribution in [1.29, 1.82) is 0 Å². The predicted molar refractivity (Wildman–Crippen MR) is 128 cm³/mol. The third-order valence-corrected chi connectivity index (χ3v) is 6.20. The molecular weight excluding hydrogens is 429 g/mol. The smallest absolute Gasteiger partial charge is 0.300 e. The van der Waals surface area contributed by atoms with Crippen molar-refractivity contribution in [3.8, 4) is 17.1 Å². The summed E-state index contributed by atoms with van der Waals surface area (Å²) in [5, 5.41) is 2.12. The minimum Gasteiger partial charge on any atom is -0.300 e. The van der Waals surface area contributed by atoms with Crippen LogP contribution in [0.15, 0.2) is 104 Å². The molecule has 34 heavy (non-hydrogen) atoms. The molecule has 6 heteroatoms. The quantitative estimate of drug-likeness (QED) is 0.317. The minimum atomic E-state index is -1.04. The summed E-state index contributed by atoms with van der Waals surface area (Å²) in [4.78, 5) is 20.5. The van der Waals surface area contributed by atoms with Gasteiger partial charge in [0.05, 0.1) is 0 Å². The lowest BCUT2D eigenvalue weighted by atomic mass is 9.86. The lowest BCUT2D eigenvalue weighted by molar-refractivity contribution is -0.749. The van der Waals surface area contributed by atoms with Crippen LogP contribution in [0.2, 0.25) is 0 Å². The zero-order valence-corrected chi connectivity index (χ0v) is 18.9. The molecule has 0 N–H and O–H groups in total. The maximum Gasteiger partial charge on any atom is 0.442 e. The normalized spacial score (nSPS) is 11.5. The van der Waals surface area contributed by atoms with Crippen LogP contribution in [0, 0.1) is 0 Å². The number of halogens is 1. The van der Waals surface area contributed by atoms with Gasteiger partial charge in [-0.25, -0.2) is 14.7 Å². The number of imidazole rings is 1. The van der Waals surface area contributed by atoms with E-state index >= 15 is 0 Å². The molecule has 0 spiro atoms. The van der Waals surface area contributed by atoms with Gasteiger partial charge in [0.2, 0.25) is 0 Å². The molecule has 2 aromatic heterocycles. The summed E-state index contributed by atoms with van der Waals surface area (Å²) < 4.78 is 16.7. The molecule has 3 aromatic carbocycles. The second kappa shape index (κ2) is 8.56. The molecule has 0 unspecified atom stereocenters. The molecule has 0 fully saturated rings. The third kappa shape index (κ3) is 3.63. The van der Waals surface area contributed by atoms with Crippen LogP contribution in [0.5, 0.6) is 0 Å². The molecule has 0 bridgehead atoms. The summed E-state index contributed by atoms with van der Waals surface area (Å²) in [5.41, 5.74) is 2.19. The zero-order chi connectivity index (χ0) is 23.7. The Labute approximate surface area is 196 Å². The SMILES string of the molecule is CC(C)(c1cc2ccccc2cc1-c1nccn1-c1ccccc1)[n+]1ccccc1C(=O)OF. The Bertz CT molecular complexity index is 1490. The largest absolute Gasteiger partial charge is 0.442 e. The number of pyridine rings is 1. The van der Waals surface area contributed by atoms with Crippen LogP contribution < -0.4 is 4.57 Å². The lowest BCUT2D eigenvalue weighted by Gasteiger charge is -2.25. The van der Waals surface area contributed by atoms with E-state index in [-0.39, 0.29) is 5.69 Å². The van der Waals surface area contributed by atoms with E-state index in [9.17, 15) is 9.32 Å². The number of carbonyl (C=O) groups excluding carboxylic acids is 1. The van der Waals surface area contributed by atoms with E-state index in [4.69, 9.17) is 4.98 Å². The standard InChI is InChI=1S/C28H23FN3O2/c1-28(2,32-16-9-8-14-25(32)27(33)34-29)24-19-21-11-7-6-10-20(21)18-23(24)26-30-15-17-31(26)22-12-4-3-5-13-22/h3-19H,1-2H3/q+1. The first-order chi connectivity index (χ1) is 16.5. The van der Waals surface area contributed by atoms with Gasteiger partial charge in [-0.2, -0.15) is 4.57 Å². The molecule has 5 rings (SSSR count). The topological polar surface area (TPSA) is 48.0 Å². The van der Waals surface area contributed by atoms with Gasteiger partial charge < -0.3 is 0 Å². The molecule has 0 aliphatic carbocycles. The maximum atomic E-state index is 12.9. The Hall–Kier alpha value is -4.32. The summed E-state index contributed by atoms with van der Waals surface area (Å²) >= 11 is 0. The number of fused-ring (bicyclic) bond motifs is 1. The second-order valence-electron chi connectivity index (χ2n) is 8.58. The van der Waals surface area contributed by atoms with E-state index in [1.807, 2.05) is 73.1 Å². The minimum absolute atomic E-state index is 0.112. The Morgan fingerprint density at radius 3 is 2.35 bits per heavy atom. The van der Waals surface area contributed by atoms with E-state index < -0.39 is 11.5 Å². The Balaban J connectivity index is 1.79. The van der Waals surface area contributed by atoms with Crippen molar-refractivity contribution >= 4 is 16.7 Å². The number of benzene rings is 3. The first-order valence-electron chi connectivity index (χ1n) is 11.0. The zero-order valence-electron chi connectivity index (χ0n) is 18.9. The van der Waals surface area contributed by atoms with Gasteiger partial charge in [-0.05, 0) is 41.1 Å². The van der Waals surface area contributed by atoms with Crippen molar-refractivity contribution in [1.82, 2.24) is 9.55 Å². The molecule has 2 heterocycles. The van der Waals surface area contributed by atoms with E-state index in [0.717, 1.165) is 33.4 Å². The molecule has 0 aliphatic heterocycles. The maximum absolute atomic E-state index is 12.9. The van der Waals surface area contributed by atoms with Crippen LogP contribution in [0.3, 0.4) is 0 Å². The molecule has 168 valence electrons. The molecule has 0 amide bonds. The van der Waals surface area contributed by atoms with Gasteiger partial charge in [0.25, 0.3) is 5.69 Å². The molecule has 0 aliphatic rings. The Morgan fingerprint density at radius 1 is 0.941 bits per heavy atom. The fraction of sp³-hybridized carbons (Fsp3) is 0.107. The van der Waals surface area contributed by atoms with Crippen LogP contribution in [0.1, 0.15) is 29.9 Å². The number of hydrogen-bond donors (Lipinski definition) is 0. The van der Waals surface area contributed by atoms with Crippen molar-refractivity contribution in [3.05, 3.63) is 115 Å². The van der Waals surface area contributed by atoms with Gasteiger partial charge in [0.15, 0.2) is 11.7 Å². The number of nitrogens with zero attached hydrogens (tertiary/aromatic N) is 3. The van der Waals surface area contributed by atoms with Crippen LogP contribution >= 0.6 is 0 Å². The second-order valence-corrected chi connectivity index (χ2v) is 8.58. The van der Waals surface area contributed by atoms with Gasteiger partial charge >= 0.3 is 5.97 Å². The highest BCUT2D eigenvalue weighted by Gasteiger charge is 2.39. The van der Waals surface area contributed by atoms with Gasteiger partial charge in [-0.1, -0.05) is 42.5 Å². The van der Waals surface area contributed by atoms with Crippen molar-refractivity contribution in [2.75, 3.05) is 0 Å². The Kier molecular flexibility index (Phi) is 5.42. The molecule has 0 saturated heterocycles. The third-order valence-electron chi connectivity index (χ3n) is 6.20. The van der Waals surface area contributed by atoms with E-state index in [0.29, 0.717) is 0 Å². The van der Waals surface area contributed by atoms with Gasteiger partial charge in [-0.15, -0.1) is 0 Å². The molecular formula is C28H23FN3O2+. The van der Waals surface area contributed by atoms with Crippen molar-refractivity contribution in [2.24, 2.45) is 0 Å². The fourth-order valence-corrected chi connectivity index (χ4v) is 4.50. The number of aromatic nitrogens is 3. The number of carbonyl (C=O) groups is 1. The molecule has 0 atom stereocenters. The summed E-state index contributed by atoms with van der Waals surface area (Å²) in [6.45, 7) is 3.98. The monoisotopic (exact) mass is 452 g/mol. The average molecular weight is 453 g/mol. The van der Waals surface area contributed by atoms with Crippen LogP contribution in [-0.4, -0.2) is 15.5 Å². The lowest BCUT2D eigenvalue weighted by Crippen LogP contribution is -2.56. The fourth-order valence-electron chi connectivity index (χ4n) is 4.50. The van der Waals surface area contributed by atoms with Gasteiger partial charge in [-0.3, -0.25) is 4.57 Å². The number of hydrogen-bond acceptors (Lipinski definition) is 3. The highest BCUT2D eigenvalue weighted by Crippen LogP contribution is 2.35. The summed E-state index contributed by atoms with van der Waals surface area (Å²) in [6.07, 6.45) is 5.46. The highest BCUT2D eigenvalue weighted by atomic mass is 19.3. The summed E-state index contributed by atoms with van der Waals surface area (Å²) in [7, 11) is 0. The van der Waals surface area contributed by atoms with Crippen LogP contribution in [0.25, 0.3) is 27.8 Å². The first-order valence-corrected chi connectivity index (χ1v) is 11.0. The van der Waals surface area contributed by atoms with E-state index in [1.165, 1.54) is 0 Å². The first kappa shape index (κ1) is 21.5. The summed E-state index contributed by atoms with van der Waals surface area (Å²) in [6, 6.07) is 27.4. The summed E-state index contributed by atoms with van der Waals surface area (Å²) in [5.74, 6) is -0.270. The van der Waals surface area contributed by atoms with E-state index in [1.54, 1.807) is 29.1 Å². The van der Waals surface area contributed by atoms with Crippen LogP contribution in [0.4, 0.5) is 4.53 Å². The molecule has 5 aromatic rings. The van der Waals surface area contributed by atoms with Gasteiger partial charge in [0.1, 0.15) is 5.82 Å². The average Bonchev–Trinajstić information content (AvgIpc) is 3.38. The van der Waals surface area contributed by atoms with Crippen molar-refractivity contribution in [3.63, 3.8) is 0 Å². The van der Waals surface area contributed by atoms with E-state index in [2.05, 4.69) is 29.2 Å². The van der Waals surface area contributed by atoms with Gasteiger partial charge in [0, 0.05) is 59.7 Å². The molecule has 5 nitrogen and oxygen atoms in total. The van der Waals surface area contributed by atoms with Crippen molar-refractivity contribution < 1.29 is 18.8 Å². The van der Waals surface area contributed by atoms with Crippen molar-refractivity contribution in [2.45, 2.75) is 19.4 Å². The molecule has 0 radical (unpaired) electrons. The number of para-hydroxylation sites is 1.